The molecule has 26 heavy (non-hydrogen) atoms. The molecular weight excluding hydrogens is 330 g/mol. The lowest BCUT2D eigenvalue weighted by atomic mass is 9.87. The Kier molecular flexibility index (Phi) is 4.55. The van der Waals surface area contributed by atoms with E-state index in [9.17, 15) is 4.79 Å². The second-order valence-electron chi connectivity index (χ2n) is 6.87. The third-order valence-corrected chi connectivity index (χ3v) is 5.21. The Bertz CT molecular complexity index is 819. The first-order valence-electron chi connectivity index (χ1n) is 8.92. The highest BCUT2D eigenvalue weighted by atomic mass is 16.7. The Morgan fingerprint density at radius 1 is 1.27 bits per heavy atom. The molecule has 0 aliphatic carbocycles. The maximum Gasteiger partial charge on any atom is 0.231 e. The summed E-state index contributed by atoms with van der Waals surface area (Å²) in [7, 11) is 3.71. The normalized spacial score (nSPS) is 18.5. The van der Waals surface area contributed by atoms with Gasteiger partial charge in [0, 0.05) is 31.0 Å². The van der Waals surface area contributed by atoms with Crippen molar-refractivity contribution in [2.75, 3.05) is 27.5 Å². The van der Waals surface area contributed by atoms with E-state index in [1.54, 1.807) is 7.11 Å². The molecule has 2 aliphatic heterocycles. The van der Waals surface area contributed by atoms with Gasteiger partial charge in [-0.2, -0.15) is 0 Å². The van der Waals surface area contributed by atoms with E-state index in [2.05, 4.69) is 11.9 Å². The van der Waals surface area contributed by atoms with Crippen LogP contribution in [-0.2, 0) is 17.6 Å². The van der Waals surface area contributed by atoms with E-state index >= 15 is 0 Å². The molecule has 2 aromatic carbocycles. The first-order chi connectivity index (χ1) is 12.7. The van der Waals surface area contributed by atoms with Crippen LogP contribution < -0.4 is 14.2 Å². The van der Waals surface area contributed by atoms with E-state index in [1.807, 2.05) is 36.4 Å². The maximum atomic E-state index is 12.7. The van der Waals surface area contributed by atoms with E-state index in [0.29, 0.717) is 24.3 Å². The molecule has 0 saturated heterocycles. The summed E-state index contributed by atoms with van der Waals surface area (Å²) in [6.45, 7) is 1.11. The minimum absolute atomic E-state index is 0.0144. The molecule has 0 saturated carbocycles. The van der Waals surface area contributed by atoms with Crippen molar-refractivity contribution in [1.82, 2.24) is 4.90 Å². The van der Waals surface area contributed by atoms with Gasteiger partial charge in [0.25, 0.3) is 0 Å². The summed E-state index contributed by atoms with van der Waals surface area (Å²) in [5.41, 5.74) is 3.29. The molecule has 5 heteroatoms. The standard InChI is InChI=1S/C21H23NO4/c1-22-9-8-15-11-18-20(26-13-25-18)21(24-2)19(15)17(22)12-16(23)10-14-6-4-3-5-7-14/h3-7,11,17H,8-10,12-13H2,1-2H3. The molecular formula is C21H23NO4. The summed E-state index contributed by atoms with van der Waals surface area (Å²) in [6.07, 6.45) is 1.81. The Morgan fingerprint density at radius 2 is 2.08 bits per heavy atom. The van der Waals surface area contributed by atoms with E-state index in [1.165, 1.54) is 5.56 Å². The number of ketones is 1. The Morgan fingerprint density at radius 3 is 2.85 bits per heavy atom. The van der Waals surface area contributed by atoms with Crippen molar-refractivity contribution in [2.45, 2.75) is 25.3 Å². The lowest BCUT2D eigenvalue weighted by Gasteiger charge is -2.35. The summed E-state index contributed by atoms with van der Waals surface area (Å²) < 4.78 is 16.9. The fraction of sp³-hybridized carbons (Fsp3) is 0.381. The highest BCUT2D eigenvalue weighted by Crippen LogP contribution is 2.50. The highest BCUT2D eigenvalue weighted by molar-refractivity contribution is 5.82. The molecule has 0 amide bonds. The van der Waals surface area contributed by atoms with Crippen LogP contribution in [-0.4, -0.2) is 38.2 Å². The van der Waals surface area contributed by atoms with Gasteiger partial charge in [0.05, 0.1) is 7.11 Å². The number of carbonyl (C=O) groups excluding carboxylic acids is 1. The van der Waals surface area contributed by atoms with Crippen molar-refractivity contribution in [3.05, 3.63) is 53.1 Å². The molecule has 2 aromatic rings. The van der Waals surface area contributed by atoms with Crippen molar-refractivity contribution >= 4 is 5.78 Å². The number of likely N-dealkylation sites (N-methyl/N-ethyl adjacent to an activating group) is 1. The van der Waals surface area contributed by atoms with Gasteiger partial charge in [-0.15, -0.1) is 0 Å². The number of Topliss-reactive ketones (excluding diaryl/α,β-unsaturated/α-hetero) is 1. The zero-order chi connectivity index (χ0) is 18.1. The largest absolute Gasteiger partial charge is 0.492 e. The average Bonchev–Trinajstić information content (AvgIpc) is 3.11. The number of methoxy groups -OCH3 is 1. The number of hydrogen-bond donors (Lipinski definition) is 0. The van der Waals surface area contributed by atoms with E-state index in [4.69, 9.17) is 14.2 Å². The molecule has 0 N–H and O–H groups in total. The molecule has 0 aromatic heterocycles. The maximum absolute atomic E-state index is 12.7. The molecule has 1 unspecified atom stereocenters. The van der Waals surface area contributed by atoms with Crippen LogP contribution in [0.3, 0.4) is 0 Å². The van der Waals surface area contributed by atoms with E-state index < -0.39 is 0 Å². The molecule has 5 nitrogen and oxygen atoms in total. The molecule has 4 rings (SSSR count). The van der Waals surface area contributed by atoms with Crippen molar-refractivity contribution in [1.29, 1.82) is 0 Å². The number of benzene rings is 2. The van der Waals surface area contributed by atoms with Crippen LogP contribution in [0.5, 0.6) is 17.2 Å². The fourth-order valence-corrected chi connectivity index (χ4v) is 3.89. The monoisotopic (exact) mass is 353 g/mol. The lowest BCUT2D eigenvalue weighted by Crippen LogP contribution is -2.34. The van der Waals surface area contributed by atoms with E-state index in [0.717, 1.165) is 29.8 Å². The van der Waals surface area contributed by atoms with Crippen molar-refractivity contribution in [2.24, 2.45) is 0 Å². The van der Waals surface area contributed by atoms with Crippen LogP contribution in [0.4, 0.5) is 0 Å². The summed E-state index contributed by atoms with van der Waals surface area (Å²) in [6, 6.07) is 11.9. The van der Waals surface area contributed by atoms with Crippen LogP contribution in [0.15, 0.2) is 36.4 Å². The summed E-state index contributed by atoms with van der Waals surface area (Å²) >= 11 is 0. The van der Waals surface area contributed by atoms with E-state index in [-0.39, 0.29) is 18.6 Å². The predicted molar refractivity (Wildman–Crippen MR) is 98.0 cm³/mol. The third-order valence-electron chi connectivity index (χ3n) is 5.21. The van der Waals surface area contributed by atoms with Crippen molar-refractivity contribution < 1.29 is 19.0 Å². The highest BCUT2D eigenvalue weighted by Gasteiger charge is 2.34. The molecule has 1 atom stereocenters. The number of ether oxygens (including phenoxy) is 3. The second-order valence-corrected chi connectivity index (χ2v) is 6.87. The van der Waals surface area contributed by atoms with Gasteiger partial charge in [-0.3, -0.25) is 9.69 Å². The number of hydrogen-bond acceptors (Lipinski definition) is 5. The van der Waals surface area contributed by atoms with Gasteiger partial charge in [-0.25, -0.2) is 0 Å². The van der Waals surface area contributed by atoms with Crippen LogP contribution >= 0.6 is 0 Å². The summed E-state index contributed by atoms with van der Waals surface area (Å²) in [5, 5.41) is 0. The third kappa shape index (κ3) is 3.03. The van der Waals surface area contributed by atoms with Crippen LogP contribution in [0, 0.1) is 0 Å². The molecule has 2 heterocycles. The van der Waals surface area contributed by atoms with Gasteiger partial charge < -0.3 is 14.2 Å². The topological polar surface area (TPSA) is 48.0 Å². The number of rotatable bonds is 5. The number of carbonyl (C=O) groups is 1. The van der Waals surface area contributed by atoms with Gasteiger partial charge in [0.15, 0.2) is 11.5 Å². The first-order valence-corrected chi connectivity index (χ1v) is 8.92. The number of fused-ring (bicyclic) bond motifs is 2. The Hall–Kier alpha value is -2.53. The molecule has 0 spiro atoms. The summed E-state index contributed by atoms with van der Waals surface area (Å²) in [5.74, 6) is 2.32. The van der Waals surface area contributed by atoms with Gasteiger partial charge >= 0.3 is 0 Å². The predicted octanol–water partition coefficient (Wildman–Crippen LogP) is 3.15. The minimum Gasteiger partial charge on any atom is -0.492 e. The van der Waals surface area contributed by atoms with Gasteiger partial charge in [-0.05, 0) is 30.7 Å². The average molecular weight is 353 g/mol. The lowest BCUT2D eigenvalue weighted by molar-refractivity contribution is -0.119. The molecule has 0 radical (unpaired) electrons. The quantitative estimate of drug-likeness (QED) is 0.826. The fourth-order valence-electron chi connectivity index (χ4n) is 3.89. The smallest absolute Gasteiger partial charge is 0.231 e. The van der Waals surface area contributed by atoms with Crippen molar-refractivity contribution in [3.63, 3.8) is 0 Å². The molecule has 2 aliphatic rings. The molecule has 0 fully saturated rings. The van der Waals surface area contributed by atoms with Gasteiger partial charge in [0.2, 0.25) is 12.5 Å². The van der Waals surface area contributed by atoms with Crippen LogP contribution in [0.2, 0.25) is 0 Å². The minimum atomic E-state index is -0.0144. The zero-order valence-electron chi connectivity index (χ0n) is 15.2. The Balaban J connectivity index is 1.64. The van der Waals surface area contributed by atoms with Crippen LogP contribution in [0.1, 0.15) is 29.2 Å². The zero-order valence-corrected chi connectivity index (χ0v) is 15.2. The van der Waals surface area contributed by atoms with Gasteiger partial charge in [0.1, 0.15) is 5.78 Å². The van der Waals surface area contributed by atoms with Crippen LogP contribution in [0.25, 0.3) is 0 Å². The first kappa shape index (κ1) is 16.9. The Labute approximate surface area is 153 Å². The SMILES string of the molecule is COc1c2c(cc3c1C(CC(=O)Cc1ccccc1)N(C)CC3)OCO2. The molecule has 136 valence electrons. The second kappa shape index (κ2) is 7.00. The molecule has 0 bridgehead atoms. The van der Waals surface area contributed by atoms with Gasteiger partial charge in [-0.1, -0.05) is 30.3 Å². The summed E-state index contributed by atoms with van der Waals surface area (Å²) in [4.78, 5) is 15.0. The van der Waals surface area contributed by atoms with Crippen molar-refractivity contribution in [3.8, 4) is 17.2 Å². The number of nitrogens with zero attached hydrogens (tertiary/aromatic N) is 1.